The summed E-state index contributed by atoms with van der Waals surface area (Å²) in [5.74, 6) is 0.789. The Kier molecular flexibility index (Phi) is 2.95. The van der Waals surface area contributed by atoms with Crippen molar-refractivity contribution in [3.05, 3.63) is 30.7 Å². The molecule has 20 heavy (non-hydrogen) atoms. The average molecular weight is 271 g/mol. The molecular weight excluding hydrogens is 253 g/mol. The van der Waals surface area contributed by atoms with E-state index in [-0.39, 0.29) is 11.2 Å². The molecule has 2 aromatic heterocycles. The normalized spacial score (nSPS) is 20.3. The molecule has 0 saturated carbocycles. The van der Waals surface area contributed by atoms with Crippen LogP contribution in [0.15, 0.2) is 30.7 Å². The number of aromatic amines is 1. The van der Waals surface area contributed by atoms with Gasteiger partial charge < -0.3 is 14.3 Å². The number of H-pyrrole nitrogens is 1. The number of pyridine rings is 1. The minimum atomic E-state index is -0.414. The summed E-state index contributed by atoms with van der Waals surface area (Å²) in [7, 11) is -0.414. The quantitative estimate of drug-likeness (QED) is 0.846. The van der Waals surface area contributed by atoms with Gasteiger partial charge in [0.05, 0.1) is 16.8 Å². The van der Waals surface area contributed by atoms with Crippen molar-refractivity contribution >= 4 is 12.7 Å². The van der Waals surface area contributed by atoms with E-state index in [1.165, 1.54) is 0 Å². The van der Waals surface area contributed by atoms with Gasteiger partial charge in [0.1, 0.15) is 5.82 Å². The Hall–Kier alpha value is -1.66. The minimum absolute atomic E-state index is 0.348. The number of nitrogens with one attached hydrogen (secondary N) is 1. The molecule has 5 nitrogen and oxygen atoms in total. The van der Waals surface area contributed by atoms with Crippen molar-refractivity contribution in [3.63, 3.8) is 0 Å². The summed E-state index contributed by atoms with van der Waals surface area (Å²) in [5, 5.41) is 0. The first-order chi connectivity index (χ1) is 9.39. The van der Waals surface area contributed by atoms with E-state index >= 15 is 0 Å². The smallest absolute Gasteiger partial charge is 0.398 e. The van der Waals surface area contributed by atoms with Gasteiger partial charge in [-0.1, -0.05) is 0 Å². The van der Waals surface area contributed by atoms with Crippen LogP contribution in [0.25, 0.3) is 11.4 Å². The summed E-state index contributed by atoms with van der Waals surface area (Å²) in [5.41, 5.74) is 1.12. The highest BCUT2D eigenvalue weighted by atomic mass is 16.7. The van der Waals surface area contributed by atoms with Crippen LogP contribution in [0.5, 0.6) is 0 Å². The first-order valence-electron chi connectivity index (χ1n) is 6.70. The number of aromatic nitrogens is 3. The zero-order valence-corrected chi connectivity index (χ0v) is 12.2. The fourth-order valence-electron chi connectivity index (χ4n) is 2.08. The highest BCUT2D eigenvalue weighted by Crippen LogP contribution is 2.36. The Balaban J connectivity index is 1.86. The molecule has 2 aromatic rings. The van der Waals surface area contributed by atoms with Crippen LogP contribution in [-0.4, -0.2) is 33.3 Å². The number of hydrogen-bond donors (Lipinski definition) is 1. The molecule has 0 atom stereocenters. The van der Waals surface area contributed by atoms with Gasteiger partial charge in [-0.25, -0.2) is 4.98 Å². The van der Waals surface area contributed by atoms with Crippen molar-refractivity contribution in [1.82, 2.24) is 15.0 Å². The van der Waals surface area contributed by atoms with Crippen LogP contribution < -0.4 is 5.59 Å². The molecule has 0 aliphatic carbocycles. The van der Waals surface area contributed by atoms with Gasteiger partial charge in [-0.3, -0.25) is 4.98 Å². The highest BCUT2D eigenvalue weighted by molar-refractivity contribution is 6.61. The van der Waals surface area contributed by atoms with E-state index in [0.717, 1.165) is 17.0 Å². The molecule has 0 radical (unpaired) electrons. The van der Waals surface area contributed by atoms with Crippen LogP contribution >= 0.6 is 0 Å². The molecule has 104 valence electrons. The third-order valence-electron chi connectivity index (χ3n) is 4.06. The zero-order valence-electron chi connectivity index (χ0n) is 12.2. The zero-order chi connectivity index (χ0) is 14.4. The van der Waals surface area contributed by atoms with Crippen molar-refractivity contribution in [3.8, 4) is 11.4 Å². The van der Waals surface area contributed by atoms with Crippen LogP contribution in [0.2, 0.25) is 0 Å². The SMILES string of the molecule is CC1(C)OB(c2cnc(-c3ccncc3)[nH]2)OC1(C)C. The van der Waals surface area contributed by atoms with E-state index in [1.807, 2.05) is 39.8 Å². The largest absolute Gasteiger partial charge is 0.513 e. The molecule has 6 heteroatoms. The van der Waals surface area contributed by atoms with Gasteiger partial charge in [-0.05, 0) is 39.8 Å². The fraction of sp³-hybridized carbons (Fsp3) is 0.429. The van der Waals surface area contributed by atoms with Crippen LogP contribution in [-0.2, 0) is 9.31 Å². The van der Waals surface area contributed by atoms with Crippen molar-refractivity contribution < 1.29 is 9.31 Å². The molecule has 0 bridgehead atoms. The standard InChI is InChI=1S/C14H18BN3O2/c1-13(2)14(3,4)20-15(19-13)11-9-17-12(18-11)10-5-7-16-8-6-10/h5-9H,1-4H3,(H,17,18). The van der Waals surface area contributed by atoms with Gasteiger partial charge in [0.25, 0.3) is 0 Å². The summed E-state index contributed by atoms with van der Waals surface area (Å²) in [4.78, 5) is 11.6. The minimum Gasteiger partial charge on any atom is -0.398 e. The Morgan fingerprint density at radius 1 is 1.05 bits per heavy atom. The second-order valence-electron chi connectivity index (χ2n) is 6.01. The van der Waals surface area contributed by atoms with Crippen LogP contribution in [0.4, 0.5) is 0 Å². The van der Waals surface area contributed by atoms with Gasteiger partial charge >= 0.3 is 7.12 Å². The maximum absolute atomic E-state index is 5.99. The lowest BCUT2D eigenvalue weighted by Crippen LogP contribution is -2.41. The molecule has 1 fully saturated rings. The summed E-state index contributed by atoms with van der Waals surface area (Å²) in [6.07, 6.45) is 5.25. The van der Waals surface area contributed by atoms with E-state index in [2.05, 4.69) is 15.0 Å². The Labute approximate surface area is 118 Å². The van der Waals surface area contributed by atoms with Gasteiger partial charge in [0, 0.05) is 24.2 Å². The van der Waals surface area contributed by atoms with Gasteiger partial charge in [-0.15, -0.1) is 0 Å². The van der Waals surface area contributed by atoms with E-state index in [9.17, 15) is 0 Å². The van der Waals surface area contributed by atoms with Gasteiger partial charge in [0.2, 0.25) is 0 Å². The molecule has 1 N–H and O–H groups in total. The molecule has 3 heterocycles. The van der Waals surface area contributed by atoms with Crippen LogP contribution in [0, 0.1) is 0 Å². The van der Waals surface area contributed by atoms with Crippen molar-refractivity contribution in [2.45, 2.75) is 38.9 Å². The summed E-state index contributed by atoms with van der Waals surface area (Å²) in [6, 6.07) is 3.82. The first-order valence-corrected chi connectivity index (χ1v) is 6.70. The fourth-order valence-corrected chi connectivity index (χ4v) is 2.08. The molecule has 1 aliphatic rings. The number of hydrogen-bond acceptors (Lipinski definition) is 4. The van der Waals surface area contributed by atoms with Crippen molar-refractivity contribution in [2.24, 2.45) is 0 Å². The van der Waals surface area contributed by atoms with Crippen molar-refractivity contribution in [2.75, 3.05) is 0 Å². The average Bonchev–Trinajstić information content (AvgIpc) is 2.94. The van der Waals surface area contributed by atoms with Crippen LogP contribution in [0.1, 0.15) is 27.7 Å². The Bertz CT molecular complexity index is 594. The van der Waals surface area contributed by atoms with Crippen molar-refractivity contribution in [1.29, 1.82) is 0 Å². The Morgan fingerprint density at radius 3 is 2.25 bits per heavy atom. The number of rotatable bonds is 2. The van der Waals surface area contributed by atoms with E-state index in [4.69, 9.17) is 9.31 Å². The first kappa shape index (κ1) is 13.3. The lowest BCUT2D eigenvalue weighted by Gasteiger charge is -2.32. The summed E-state index contributed by atoms with van der Waals surface area (Å²) < 4.78 is 12.0. The molecule has 1 aliphatic heterocycles. The molecular formula is C14H18BN3O2. The molecule has 0 unspecified atom stereocenters. The maximum Gasteiger partial charge on any atom is 0.513 e. The third kappa shape index (κ3) is 2.15. The summed E-state index contributed by atoms with van der Waals surface area (Å²) in [6.45, 7) is 8.14. The number of nitrogens with zero attached hydrogens (tertiary/aromatic N) is 2. The van der Waals surface area contributed by atoms with Gasteiger partial charge in [0.15, 0.2) is 0 Å². The topological polar surface area (TPSA) is 60.0 Å². The third-order valence-corrected chi connectivity index (χ3v) is 4.06. The van der Waals surface area contributed by atoms with E-state index < -0.39 is 7.12 Å². The molecule has 0 aromatic carbocycles. The molecule has 0 spiro atoms. The maximum atomic E-state index is 5.99. The molecule has 3 rings (SSSR count). The van der Waals surface area contributed by atoms with E-state index in [1.54, 1.807) is 18.6 Å². The van der Waals surface area contributed by atoms with E-state index in [0.29, 0.717) is 0 Å². The second kappa shape index (κ2) is 4.43. The predicted octanol–water partition coefficient (Wildman–Crippen LogP) is 1.77. The van der Waals surface area contributed by atoms with Gasteiger partial charge in [-0.2, -0.15) is 0 Å². The molecule has 1 saturated heterocycles. The summed E-state index contributed by atoms with van der Waals surface area (Å²) >= 11 is 0. The lowest BCUT2D eigenvalue weighted by atomic mass is 9.86. The molecule has 0 amide bonds. The second-order valence-corrected chi connectivity index (χ2v) is 6.01. The van der Waals surface area contributed by atoms with Crippen LogP contribution in [0.3, 0.4) is 0 Å². The predicted molar refractivity (Wildman–Crippen MR) is 77.5 cm³/mol. The monoisotopic (exact) mass is 271 g/mol. The number of imidazole rings is 1. The lowest BCUT2D eigenvalue weighted by molar-refractivity contribution is 0.00578. The Morgan fingerprint density at radius 2 is 1.65 bits per heavy atom. The highest BCUT2D eigenvalue weighted by Gasteiger charge is 2.52.